The van der Waals surface area contributed by atoms with E-state index in [4.69, 9.17) is 45.9 Å². The van der Waals surface area contributed by atoms with Gasteiger partial charge in [0.05, 0.1) is 11.6 Å². The number of nitrogens with two attached hydrogens (primary N) is 1. The van der Waals surface area contributed by atoms with E-state index >= 15 is 0 Å². The summed E-state index contributed by atoms with van der Waals surface area (Å²) in [6.45, 7) is 0.504. The maximum atomic E-state index is 12.6. The molecule has 1 aromatic rings. The number of thiocarbonyl (C=S) groups is 1. The van der Waals surface area contributed by atoms with Crippen LogP contribution in [0.4, 0.5) is 0 Å². The van der Waals surface area contributed by atoms with Gasteiger partial charge in [-0.1, -0.05) is 35.4 Å². The topological polar surface area (TPSA) is 72.6 Å². The van der Waals surface area contributed by atoms with Gasteiger partial charge in [-0.15, -0.1) is 0 Å². The van der Waals surface area contributed by atoms with Crippen LogP contribution >= 0.6 is 35.4 Å². The summed E-state index contributed by atoms with van der Waals surface area (Å²) in [6, 6.07) is 4.30. The number of hydrogen-bond acceptors (Lipinski definition) is 4. The van der Waals surface area contributed by atoms with Crippen LogP contribution in [-0.4, -0.2) is 43.5 Å². The summed E-state index contributed by atoms with van der Waals surface area (Å²) in [6.07, 6.45) is -0.591. The van der Waals surface area contributed by atoms with Gasteiger partial charge in [-0.2, -0.15) is 4.31 Å². The molecule has 0 aliphatic carbocycles. The third-order valence-corrected chi connectivity index (χ3v) is 5.70. The molecule has 5 nitrogen and oxygen atoms in total. The summed E-state index contributed by atoms with van der Waals surface area (Å²) in [7, 11) is -3.76. The number of benzene rings is 1. The molecule has 9 heteroatoms. The van der Waals surface area contributed by atoms with E-state index in [2.05, 4.69) is 0 Å². The average Bonchev–Trinajstić information content (AvgIpc) is 2.41. The lowest BCUT2D eigenvalue weighted by atomic mass is 10.3. The molecule has 2 rings (SSSR count). The standard InChI is InChI=1S/C11H12Cl2N2O3S2/c12-7-1-2-8(13)10(5-7)20(16,17)15-3-4-18-9(6-15)11(14)19/h1-2,5,9H,3-4,6H2,(H2,14,19). The largest absolute Gasteiger partial charge is 0.391 e. The molecule has 1 saturated heterocycles. The number of morpholine rings is 1. The minimum absolute atomic E-state index is 0.0322. The molecule has 0 saturated carbocycles. The molecule has 0 aromatic heterocycles. The van der Waals surface area contributed by atoms with Gasteiger partial charge in [0, 0.05) is 18.1 Å². The SMILES string of the molecule is NC(=S)C1CN(S(=O)(=O)c2cc(Cl)ccc2Cl)CCO1. The van der Waals surface area contributed by atoms with Crippen LogP contribution in [0.15, 0.2) is 23.1 Å². The van der Waals surface area contributed by atoms with Gasteiger partial charge in [0.2, 0.25) is 10.0 Å². The molecule has 1 aromatic carbocycles. The Hall–Kier alpha value is -0.440. The maximum absolute atomic E-state index is 12.6. The number of nitrogens with zero attached hydrogens (tertiary/aromatic N) is 1. The van der Waals surface area contributed by atoms with E-state index in [1.165, 1.54) is 22.5 Å². The van der Waals surface area contributed by atoms with E-state index in [0.717, 1.165) is 0 Å². The van der Waals surface area contributed by atoms with Crippen LogP contribution in [0.1, 0.15) is 0 Å². The minimum Gasteiger partial charge on any atom is -0.391 e. The Kier molecular flexibility index (Phi) is 4.88. The minimum atomic E-state index is -3.76. The van der Waals surface area contributed by atoms with Crippen LogP contribution in [-0.2, 0) is 14.8 Å². The fraction of sp³-hybridized carbons (Fsp3) is 0.364. The van der Waals surface area contributed by atoms with Gasteiger partial charge in [-0.25, -0.2) is 8.42 Å². The molecule has 1 atom stereocenters. The lowest BCUT2D eigenvalue weighted by molar-refractivity contribution is 0.0386. The quantitative estimate of drug-likeness (QED) is 0.835. The summed E-state index contributed by atoms with van der Waals surface area (Å²) in [5.41, 5.74) is 5.50. The van der Waals surface area contributed by atoms with E-state index in [1.807, 2.05) is 0 Å². The summed E-state index contributed by atoms with van der Waals surface area (Å²) < 4.78 is 31.7. The second-order valence-electron chi connectivity index (χ2n) is 4.20. The van der Waals surface area contributed by atoms with Crippen LogP contribution in [0.3, 0.4) is 0 Å². The Morgan fingerprint density at radius 1 is 1.45 bits per heavy atom. The van der Waals surface area contributed by atoms with E-state index in [9.17, 15) is 8.42 Å². The number of rotatable bonds is 3. The first-order valence-corrected chi connectivity index (χ1v) is 8.29. The van der Waals surface area contributed by atoms with Crippen molar-refractivity contribution in [1.29, 1.82) is 0 Å². The van der Waals surface area contributed by atoms with E-state index in [0.29, 0.717) is 5.02 Å². The molecule has 0 bridgehead atoms. The van der Waals surface area contributed by atoms with Crippen LogP contribution < -0.4 is 5.73 Å². The van der Waals surface area contributed by atoms with Crippen molar-refractivity contribution < 1.29 is 13.2 Å². The summed E-state index contributed by atoms with van der Waals surface area (Å²) in [5.74, 6) is 0. The van der Waals surface area contributed by atoms with Crippen LogP contribution in [0.25, 0.3) is 0 Å². The maximum Gasteiger partial charge on any atom is 0.244 e. The van der Waals surface area contributed by atoms with E-state index in [-0.39, 0.29) is 34.6 Å². The van der Waals surface area contributed by atoms with Crippen LogP contribution in [0.5, 0.6) is 0 Å². The van der Waals surface area contributed by atoms with Crippen molar-refractivity contribution in [3.63, 3.8) is 0 Å². The van der Waals surface area contributed by atoms with E-state index in [1.54, 1.807) is 0 Å². The molecule has 110 valence electrons. The van der Waals surface area contributed by atoms with Crippen molar-refractivity contribution in [2.24, 2.45) is 5.73 Å². The highest BCUT2D eigenvalue weighted by molar-refractivity contribution is 7.89. The van der Waals surface area contributed by atoms with Crippen molar-refractivity contribution >= 4 is 50.4 Å². The van der Waals surface area contributed by atoms with Gasteiger partial charge in [-0.05, 0) is 18.2 Å². The van der Waals surface area contributed by atoms with Crippen molar-refractivity contribution in [3.05, 3.63) is 28.2 Å². The third-order valence-electron chi connectivity index (χ3n) is 2.86. The summed E-state index contributed by atoms with van der Waals surface area (Å²) in [4.78, 5) is 0.0948. The molecule has 1 unspecified atom stereocenters. The van der Waals surface area contributed by atoms with Gasteiger partial charge < -0.3 is 10.5 Å². The molecule has 1 fully saturated rings. The second-order valence-corrected chi connectivity index (χ2v) is 7.42. The predicted molar refractivity (Wildman–Crippen MR) is 81.7 cm³/mol. The Labute approximate surface area is 132 Å². The van der Waals surface area contributed by atoms with Gasteiger partial charge in [0.25, 0.3) is 0 Å². The fourth-order valence-corrected chi connectivity index (χ4v) is 4.13. The first kappa shape index (κ1) is 15.9. The summed E-state index contributed by atoms with van der Waals surface area (Å²) >= 11 is 16.6. The van der Waals surface area contributed by atoms with Crippen LogP contribution in [0.2, 0.25) is 10.0 Å². The number of hydrogen-bond donors (Lipinski definition) is 1. The Morgan fingerprint density at radius 2 is 2.15 bits per heavy atom. The molecular formula is C11H12Cl2N2O3S2. The van der Waals surface area contributed by atoms with Crippen molar-refractivity contribution in [3.8, 4) is 0 Å². The zero-order valence-corrected chi connectivity index (χ0v) is 13.4. The zero-order valence-electron chi connectivity index (χ0n) is 10.3. The molecule has 0 spiro atoms. The highest BCUT2D eigenvalue weighted by atomic mass is 35.5. The Morgan fingerprint density at radius 3 is 2.80 bits per heavy atom. The molecular weight excluding hydrogens is 343 g/mol. The zero-order chi connectivity index (χ0) is 14.9. The molecule has 2 N–H and O–H groups in total. The second kappa shape index (κ2) is 6.13. The summed E-state index contributed by atoms with van der Waals surface area (Å²) in [5, 5.41) is 0.417. The molecule has 0 radical (unpaired) electrons. The monoisotopic (exact) mass is 354 g/mol. The number of ether oxygens (including phenoxy) is 1. The molecule has 0 amide bonds. The Balaban J connectivity index is 2.35. The van der Waals surface area contributed by atoms with Crippen molar-refractivity contribution in [2.45, 2.75) is 11.0 Å². The van der Waals surface area contributed by atoms with E-state index < -0.39 is 16.1 Å². The van der Waals surface area contributed by atoms with Gasteiger partial charge in [0.1, 0.15) is 16.0 Å². The predicted octanol–water partition coefficient (Wildman–Crippen LogP) is 1.67. The highest BCUT2D eigenvalue weighted by Gasteiger charge is 2.33. The van der Waals surface area contributed by atoms with Gasteiger partial charge in [-0.3, -0.25) is 0 Å². The first-order chi connectivity index (χ1) is 9.32. The number of sulfonamides is 1. The Bertz CT molecular complexity index is 637. The molecule has 20 heavy (non-hydrogen) atoms. The smallest absolute Gasteiger partial charge is 0.244 e. The molecule has 1 heterocycles. The van der Waals surface area contributed by atoms with Gasteiger partial charge in [0.15, 0.2) is 0 Å². The fourth-order valence-electron chi connectivity index (χ4n) is 1.83. The number of halogens is 2. The van der Waals surface area contributed by atoms with Crippen LogP contribution in [0, 0.1) is 0 Å². The molecule has 1 aliphatic heterocycles. The van der Waals surface area contributed by atoms with Crippen molar-refractivity contribution in [2.75, 3.05) is 19.7 Å². The lowest BCUT2D eigenvalue weighted by Crippen LogP contribution is -2.49. The average molecular weight is 355 g/mol. The van der Waals surface area contributed by atoms with Crippen molar-refractivity contribution in [1.82, 2.24) is 4.31 Å². The normalized spacial score (nSPS) is 20.8. The molecule has 1 aliphatic rings. The first-order valence-electron chi connectivity index (χ1n) is 5.68. The third kappa shape index (κ3) is 3.24. The van der Waals surface area contributed by atoms with Gasteiger partial charge >= 0.3 is 0 Å². The highest BCUT2D eigenvalue weighted by Crippen LogP contribution is 2.28. The lowest BCUT2D eigenvalue weighted by Gasteiger charge is -2.31.